The third-order valence-corrected chi connectivity index (χ3v) is 2.50. The molecule has 1 aliphatic rings. The maximum Gasteiger partial charge on any atom is 0.184 e. The Bertz CT molecular complexity index is 281. The smallest absolute Gasteiger partial charge is 0.184 e. The van der Waals surface area contributed by atoms with E-state index in [1.165, 1.54) is 18.4 Å². The number of hydrogen-bond acceptors (Lipinski definition) is 2. The van der Waals surface area contributed by atoms with Crippen molar-refractivity contribution >= 4 is 23.0 Å². The molecule has 0 aromatic carbocycles. The minimum atomic E-state index is 0.224. The van der Waals surface area contributed by atoms with Gasteiger partial charge in [0.1, 0.15) is 0 Å². The first kappa shape index (κ1) is 11.2. The first-order chi connectivity index (χ1) is 6.61. The standard InChI is InChI=1S/C10H17N3S/c1-3-8-4-7(2)5-9(6-8)12-13-10(11)14/h5,8H,3-4,6H2,1-2H3,(H3,11,13,14)/b12-9+. The number of hydrazone groups is 1. The van der Waals surface area contributed by atoms with Crippen molar-refractivity contribution in [2.75, 3.05) is 0 Å². The molecule has 3 N–H and O–H groups in total. The monoisotopic (exact) mass is 211 g/mol. The lowest BCUT2D eigenvalue weighted by Crippen LogP contribution is -2.26. The number of allylic oxidation sites excluding steroid dienone is 2. The summed E-state index contributed by atoms with van der Waals surface area (Å²) in [7, 11) is 0. The zero-order valence-corrected chi connectivity index (χ0v) is 9.53. The van der Waals surface area contributed by atoms with Gasteiger partial charge in [-0.25, -0.2) is 0 Å². The number of rotatable bonds is 2. The van der Waals surface area contributed by atoms with Crippen molar-refractivity contribution in [2.24, 2.45) is 16.8 Å². The zero-order valence-electron chi connectivity index (χ0n) is 8.71. The van der Waals surface area contributed by atoms with Crippen molar-refractivity contribution in [1.29, 1.82) is 0 Å². The lowest BCUT2D eigenvalue weighted by Gasteiger charge is -2.20. The molecule has 78 valence electrons. The van der Waals surface area contributed by atoms with Crippen LogP contribution in [-0.4, -0.2) is 10.8 Å². The highest BCUT2D eigenvalue weighted by Crippen LogP contribution is 2.24. The second kappa shape index (κ2) is 5.10. The predicted molar refractivity (Wildman–Crippen MR) is 64.1 cm³/mol. The van der Waals surface area contributed by atoms with E-state index < -0.39 is 0 Å². The number of nitrogens with one attached hydrogen (secondary N) is 1. The van der Waals surface area contributed by atoms with Gasteiger partial charge in [-0.3, -0.25) is 5.43 Å². The Morgan fingerprint density at radius 2 is 2.43 bits per heavy atom. The molecule has 0 spiro atoms. The summed E-state index contributed by atoms with van der Waals surface area (Å²) >= 11 is 4.69. The molecule has 14 heavy (non-hydrogen) atoms. The summed E-state index contributed by atoms with van der Waals surface area (Å²) in [6, 6.07) is 0. The van der Waals surface area contributed by atoms with Gasteiger partial charge in [0, 0.05) is 0 Å². The molecule has 4 heteroatoms. The minimum absolute atomic E-state index is 0.224. The molecule has 1 atom stereocenters. The van der Waals surface area contributed by atoms with Crippen LogP contribution in [0.25, 0.3) is 0 Å². The molecular formula is C10H17N3S. The fraction of sp³-hybridized carbons (Fsp3) is 0.600. The lowest BCUT2D eigenvalue weighted by molar-refractivity contribution is 0.516. The van der Waals surface area contributed by atoms with Gasteiger partial charge in [0.2, 0.25) is 0 Å². The SMILES string of the molecule is CCC1CC(C)=C/C(=N\NC(N)=S)C1. The van der Waals surface area contributed by atoms with Crippen LogP contribution < -0.4 is 11.2 Å². The lowest BCUT2D eigenvalue weighted by atomic mass is 9.87. The Morgan fingerprint density at radius 3 is 3.00 bits per heavy atom. The summed E-state index contributed by atoms with van der Waals surface area (Å²) in [4.78, 5) is 0. The zero-order chi connectivity index (χ0) is 10.6. The van der Waals surface area contributed by atoms with Gasteiger partial charge in [-0.2, -0.15) is 5.10 Å². The maximum atomic E-state index is 5.30. The normalized spacial score (nSPS) is 24.6. The van der Waals surface area contributed by atoms with Crippen molar-refractivity contribution in [3.8, 4) is 0 Å². The molecule has 0 bridgehead atoms. The fourth-order valence-electron chi connectivity index (χ4n) is 1.72. The number of thiocarbonyl (C=S) groups is 1. The van der Waals surface area contributed by atoms with E-state index in [-0.39, 0.29) is 5.11 Å². The Kier molecular flexibility index (Phi) is 4.07. The molecule has 3 nitrogen and oxygen atoms in total. The van der Waals surface area contributed by atoms with Crippen LogP contribution in [0.15, 0.2) is 16.8 Å². The average molecular weight is 211 g/mol. The second-order valence-electron chi connectivity index (χ2n) is 3.75. The van der Waals surface area contributed by atoms with E-state index in [4.69, 9.17) is 18.0 Å². The summed E-state index contributed by atoms with van der Waals surface area (Å²) in [6.45, 7) is 4.35. The molecule has 0 aliphatic heterocycles. The van der Waals surface area contributed by atoms with Gasteiger partial charge in [0.25, 0.3) is 0 Å². The van der Waals surface area contributed by atoms with Crippen molar-refractivity contribution in [3.63, 3.8) is 0 Å². The fourth-order valence-corrected chi connectivity index (χ4v) is 1.76. The number of nitrogens with zero attached hydrogens (tertiary/aromatic N) is 1. The molecule has 0 radical (unpaired) electrons. The minimum Gasteiger partial charge on any atom is -0.375 e. The van der Waals surface area contributed by atoms with Crippen LogP contribution in [0.5, 0.6) is 0 Å². The van der Waals surface area contributed by atoms with Crippen LogP contribution in [0.2, 0.25) is 0 Å². The second-order valence-corrected chi connectivity index (χ2v) is 4.19. The largest absolute Gasteiger partial charge is 0.375 e. The quantitative estimate of drug-likeness (QED) is 0.542. The summed E-state index contributed by atoms with van der Waals surface area (Å²) in [5.41, 5.74) is 10.4. The van der Waals surface area contributed by atoms with Crippen molar-refractivity contribution < 1.29 is 0 Å². The molecule has 1 rings (SSSR count). The molecule has 0 aromatic heterocycles. The first-order valence-electron chi connectivity index (χ1n) is 4.91. The predicted octanol–water partition coefficient (Wildman–Crippen LogP) is 1.94. The van der Waals surface area contributed by atoms with Crippen LogP contribution in [0.3, 0.4) is 0 Å². The molecule has 0 amide bonds. The van der Waals surface area contributed by atoms with Crippen LogP contribution in [0, 0.1) is 5.92 Å². The van der Waals surface area contributed by atoms with Crippen molar-refractivity contribution in [3.05, 3.63) is 11.6 Å². The van der Waals surface area contributed by atoms with Crippen molar-refractivity contribution in [1.82, 2.24) is 5.43 Å². The molecule has 1 aliphatic carbocycles. The first-order valence-corrected chi connectivity index (χ1v) is 5.31. The maximum absolute atomic E-state index is 5.30. The van der Waals surface area contributed by atoms with Gasteiger partial charge >= 0.3 is 0 Å². The molecule has 0 saturated carbocycles. The van der Waals surface area contributed by atoms with Gasteiger partial charge < -0.3 is 5.73 Å². The van der Waals surface area contributed by atoms with Crippen molar-refractivity contribution in [2.45, 2.75) is 33.1 Å². The van der Waals surface area contributed by atoms with Gasteiger partial charge in [-0.1, -0.05) is 18.9 Å². The van der Waals surface area contributed by atoms with E-state index in [0.29, 0.717) is 5.92 Å². The number of nitrogens with two attached hydrogens (primary N) is 1. The van der Waals surface area contributed by atoms with Crippen LogP contribution >= 0.6 is 12.2 Å². The highest BCUT2D eigenvalue weighted by atomic mass is 32.1. The molecule has 0 heterocycles. The van der Waals surface area contributed by atoms with E-state index in [0.717, 1.165) is 12.1 Å². The third-order valence-electron chi connectivity index (χ3n) is 2.41. The van der Waals surface area contributed by atoms with E-state index in [2.05, 4.69) is 30.5 Å². The summed E-state index contributed by atoms with van der Waals surface area (Å²) in [5, 5.41) is 4.38. The Labute approximate surface area is 90.4 Å². The highest BCUT2D eigenvalue weighted by Gasteiger charge is 2.15. The topological polar surface area (TPSA) is 50.4 Å². The van der Waals surface area contributed by atoms with Crippen LogP contribution in [0.1, 0.15) is 33.1 Å². The Hall–Kier alpha value is -0.900. The molecule has 0 aromatic rings. The molecule has 0 fully saturated rings. The van der Waals surface area contributed by atoms with Crippen LogP contribution in [0.4, 0.5) is 0 Å². The average Bonchev–Trinajstić information content (AvgIpc) is 2.14. The summed E-state index contributed by atoms with van der Waals surface area (Å²) in [6.07, 6.45) is 5.50. The highest BCUT2D eigenvalue weighted by molar-refractivity contribution is 7.80. The summed E-state index contributed by atoms with van der Waals surface area (Å²) in [5.74, 6) is 0.715. The van der Waals surface area contributed by atoms with E-state index in [1.54, 1.807) is 0 Å². The third kappa shape index (κ3) is 3.46. The summed E-state index contributed by atoms with van der Waals surface area (Å²) < 4.78 is 0. The molecule has 0 saturated heterocycles. The van der Waals surface area contributed by atoms with E-state index in [1.807, 2.05) is 0 Å². The van der Waals surface area contributed by atoms with E-state index in [9.17, 15) is 0 Å². The van der Waals surface area contributed by atoms with Crippen LogP contribution in [-0.2, 0) is 0 Å². The Balaban J connectivity index is 2.65. The van der Waals surface area contributed by atoms with Gasteiger partial charge in [-0.05, 0) is 44.0 Å². The molecule has 1 unspecified atom stereocenters. The number of hydrogen-bond donors (Lipinski definition) is 2. The van der Waals surface area contributed by atoms with Gasteiger partial charge in [0.05, 0.1) is 5.71 Å². The van der Waals surface area contributed by atoms with Gasteiger partial charge in [-0.15, -0.1) is 0 Å². The van der Waals surface area contributed by atoms with Gasteiger partial charge in [0.15, 0.2) is 5.11 Å². The Morgan fingerprint density at radius 1 is 1.71 bits per heavy atom. The molecular weight excluding hydrogens is 194 g/mol. The van der Waals surface area contributed by atoms with E-state index >= 15 is 0 Å².